The molecule has 1 aliphatic heterocycles. The molecule has 124 valence electrons. The number of anilines is 1. The molecule has 0 aliphatic carbocycles. The summed E-state index contributed by atoms with van der Waals surface area (Å²) >= 11 is 0. The number of morpholine rings is 1. The molecule has 0 atom stereocenters. The third kappa shape index (κ3) is 2.49. The van der Waals surface area contributed by atoms with Crippen LogP contribution < -0.4 is 4.90 Å². The number of benzene rings is 1. The van der Waals surface area contributed by atoms with E-state index in [1.54, 1.807) is 6.33 Å². The molecule has 1 fully saturated rings. The Morgan fingerprint density at radius 3 is 2.62 bits per heavy atom. The van der Waals surface area contributed by atoms with E-state index >= 15 is 0 Å². The summed E-state index contributed by atoms with van der Waals surface area (Å²) in [6.07, 6.45) is 1.76. The summed E-state index contributed by atoms with van der Waals surface area (Å²) in [5.74, 6) is 1.12. The van der Waals surface area contributed by atoms with Crippen molar-refractivity contribution in [1.82, 2.24) is 19.7 Å². The van der Waals surface area contributed by atoms with Crippen LogP contribution in [-0.2, 0) is 11.8 Å². The molecule has 6 nitrogen and oxygen atoms in total. The topological polar surface area (TPSA) is 59.0 Å². The van der Waals surface area contributed by atoms with Gasteiger partial charge in [0, 0.05) is 25.7 Å². The second-order valence-electron chi connectivity index (χ2n) is 6.00. The number of aryl methyl sites for hydroxylation is 2. The Labute approximate surface area is 141 Å². The number of aromatic amines is 1. The summed E-state index contributed by atoms with van der Waals surface area (Å²) in [7, 11) is 2.00. The van der Waals surface area contributed by atoms with Crippen molar-refractivity contribution in [3.8, 4) is 22.5 Å². The molecule has 4 rings (SSSR count). The van der Waals surface area contributed by atoms with Crippen molar-refractivity contribution < 1.29 is 4.74 Å². The highest BCUT2D eigenvalue weighted by atomic mass is 16.5. The maximum atomic E-state index is 5.50. The number of imidazole rings is 1. The fourth-order valence-electron chi connectivity index (χ4n) is 3.38. The van der Waals surface area contributed by atoms with Crippen LogP contribution in [0.3, 0.4) is 0 Å². The van der Waals surface area contributed by atoms with Crippen molar-refractivity contribution in [2.75, 3.05) is 31.2 Å². The molecule has 1 aliphatic rings. The van der Waals surface area contributed by atoms with Crippen molar-refractivity contribution in [3.05, 3.63) is 42.4 Å². The van der Waals surface area contributed by atoms with E-state index in [0.29, 0.717) is 0 Å². The smallest absolute Gasteiger partial charge is 0.136 e. The predicted molar refractivity (Wildman–Crippen MR) is 94.0 cm³/mol. The maximum Gasteiger partial charge on any atom is 0.136 e. The molecule has 3 heterocycles. The Bertz CT molecular complexity index is 830. The zero-order valence-corrected chi connectivity index (χ0v) is 14.0. The second-order valence-corrected chi connectivity index (χ2v) is 6.00. The van der Waals surface area contributed by atoms with E-state index in [0.717, 1.165) is 60.3 Å². The van der Waals surface area contributed by atoms with E-state index in [1.165, 1.54) is 0 Å². The summed E-state index contributed by atoms with van der Waals surface area (Å²) in [5, 5.41) is 4.66. The van der Waals surface area contributed by atoms with Crippen molar-refractivity contribution >= 4 is 5.82 Å². The van der Waals surface area contributed by atoms with Gasteiger partial charge in [0.15, 0.2) is 0 Å². The molecule has 0 amide bonds. The standard InChI is InChI=1S/C18H21N5O/c1-13-15(18(22(2)21-13)23-8-10-24-11-9-23)17-16(19-12-20-17)14-6-4-3-5-7-14/h3-7,12H,8-11H2,1-2H3,(H,19,20). The molecule has 24 heavy (non-hydrogen) atoms. The second kappa shape index (κ2) is 6.13. The van der Waals surface area contributed by atoms with E-state index in [-0.39, 0.29) is 0 Å². The minimum atomic E-state index is 0.748. The highest BCUT2D eigenvalue weighted by Gasteiger charge is 2.25. The minimum Gasteiger partial charge on any atom is -0.378 e. The van der Waals surface area contributed by atoms with Crippen LogP contribution in [0.5, 0.6) is 0 Å². The lowest BCUT2D eigenvalue weighted by atomic mass is 10.0. The van der Waals surface area contributed by atoms with Crippen molar-refractivity contribution in [1.29, 1.82) is 0 Å². The first-order valence-electron chi connectivity index (χ1n) is 8.21. The van der Waals surface area contributed by atoms with Crippen LogP contribution in [0.2, 0.25) is 0 Å². The molecule has 0 bridgehead atoms. The molecule has 2 aromatic heterocycles. The predicted octanol–water partition coefficient (Wildman–Crippen LogP) is 2.62. The van der Waals surface area contributed by atoms with Crippen LogP contribution >= 0.6 is 0 Å². The Morgan fingerprint density at radius 2 is 1.88 bits per heavy atom. The Balaban J connectivity index is 1.85. The monoisotopic (exact) mass is 323 g/mol. The quantitative estimate of drug-likeness (QED) is 0.805. The molecule has 3 aromatic rings. The zero-order valence-electron chi connectivity index (χ0n) is 14.0. The van der Waals surface area contributed by atoms with Crippen LogP contribution in [0.1, 0.15) is 5.69 Å². The minimum absolute atomic E-state index is 0.748. The van der Waals surface area contributed by atoms with Gasteiger partial charge in [-0.15, -0.1) is 0 Å². The Morgan fingerprint density at radius 1 is 1.12 bits per heavy atom. The van der Waals surface area contributed by atoms with Gasteiger partial charge in [-0.1, -0.05) is 30.3 Å². The summed E-state index contributed by atoms with van der Waals surface area (Å²) in [5.41, 5.74) is 5.20. The normalized spacial score (nSPS) is 15.0. The van der Waals surface area contributed by atoms with Gasteiger partial charge in [0.05, 0.1) is 42.2 Å². The number of nitrogens with zero attached hydrogens (tertiary/aromatic N) is 4. The number of H-pyrrole nitrogens is 1. The summed E-state index contributed by atoms with van der Waals surface area (Å²) in [6, 6.07) is 10.3. The van der Waals surface area contributed by atoms with Gasteiger partial charge in [-0.05, 0) is 6.92 Å². The van der Waals surface area contributed by atoms with Gasteiger partial charge < -0.3 is 14.6 Å². The largest absolute Gasteiger partial charge is 0.378 e. The molecule has 0 saturated carbocycles. The van der Waals surface area contributed by atoms with Crippen LogP contribution in [-0.4, -0.2) is 46.1 Å². The number of rotatable bonds is 3. The summed E-state index contributed by atoms with van der Waals surface area (Å²) in [6.45, 7) is 5.30. The van der Waals surface area contributed by atoms with Gasteiger partial charge in [0.1, 0.15) is 5.82 Å². The zero-order chi connectivity index (χ0) is 16.5. The highest BCUT2D eigenvalue weighted by molar-refractivity contribution is 5.85. The molecule has 0 unspecified atom stereocenters. The molecule has 1 N–H and O–H groups in total. The first-order chi connectivity index (χ1) is 11.8. The molecule has 0 spiro atoms. The average molecular weight is 323 g/mol. The number of nitrogens with one attached hydrogen (secondary N) is 1. The molecule has 6 heteroatoms. The fraction of sp³-hybridized carbons (Fsp3) is 0.333. The van der Waals surface area contributed by atoms with E-state index in [4.69, 9.17) is 4.74 Å². The van der Waals surface area contributed by atoms with Gasteiger partial charge in [-0.2, -0.15) is 5.10 Å². The van der Waals surface area contributed by atoms with Crippen molar-refractivity contribution in [3.63, 3.8) is 0 Å². The summed E-state index contributed by atoms with van der Waals surface area (Å²) < 4.78 is 7.46. The third-order valence-electron chi connectivity index (χ3n) is 4.44. The van der Waals surface area contributed by atoms with E-state index in [2.05, 4.69) is 39.0 Å². The van der Waals surface area contributed by atoms with Gasteiger partial charge >= 0.3 is 0 Å². The Kier molecular flexibility index (Phi) is 3.82. The lowest BCUT2D eigenvalue weighted by Crippen LogP contribution is -2.37. The fourth-order valence-corrected chi connectivity index (χ4v) is 3.38. The Hall–Kier alpha value is -2.60. The van der Waals surface area contributed by atoms with E-state index in [9.17, 15) is 0 Å². The van der Waals surface area contributed by atoms with Crippen molar-refractivity contribution in [2.24, 2.45) is 7.05 Å². The summed E-state index contributed by atoms with van der Waals surface area (Å²) in [4.78, 5) is 10.2. The molecule has 1 aromatic carbocycles. The van der Waals surface area contributed by atoms with E-state index < -0.39 is 0 Å². The lowest BCUT2D eigenvalue weighted by Gasteiger charge is -2.29. The van der Waals surface area contributed by atoms with Gasteiger partial charge in [0.25, 0.3) is 0 Å². The number of hydrogen-bond acceptors (Lipinski definition) is 4. The molecule has 1 saturated heterocycles. The van der Waals surface area contributed by atoms with Gasteiger partial charge in [0.2, 0.25) is 0 Å². The van der Waals surface area contributed by atoms with Gasteiger partial charge in [-0.3, -0.25) is 4.68 Å². The van der Waals surface area contributed by atoms with Crippen LogP contribution in [0.4, 0.5) is 5.82 Å². The maximum absolute atomic E-state index is 5.50. The van der Waals surface area contributed by atoms with Crippen LogP contribution in [0.15, 0.2) is 36.7 Å². The molecular formula is C18H21N5O. The lowest BCUT2D eigenvalue weighted by molar-refractivity contribution is 0.122. The first kappa shape index (κ1) is 15.0. The molecular weight excluding hydrogens is 302 g/mol. The highest BCUT2D eigenvalue weighted by Crippen LogP contribution is 2.37. The van der Waals surface area contributed by atoms with E-state index in [1.807, 2.05) is 29.9 Å². The third-order valence-corrected chi connectivity index (χ3v) is 4.44. The number of ether oxygens (including phenoxy) is 1. The number of hydrogen-bond donors (Lipinski definition) is 1. The van der Waals surface area contributed by atoms with Gasteiger partial charge in [-0.25, -0.2) is 4.98 Å². The van der Waals surface area contributed by atoms with Crippen molar-refractivity contribution in [2.45, 2.75) is 6.92 Å². The molecule has 0 radical (unpaired) electrons. The first-order valence-corrected chi connectivity index (χ1v) is 8.21. The van der Waals surface area contributed by atoms with Crippen LogP contribution in [0.25, 0.3) is 22.5 Å². The SMILES string of the molecule is Cc1nn(C)c(N2CCOCC2)c1-c1[nH]cnc1-c1ccccc1. The number of aromatic nitrogens is 4. The van der Waals surface area contributed by atoms with Crippen LogP contribution in [0, 0.1) is 6.92 Å². The average Bonchev–Trinajstić information content (AvgIpc) is 3.20.